The first-order chi connectivity index (χ1) is 68.5. The Bertz CT molecular complexity index is 5370. The van der Waals surface area contributed by atoms with Gasteiger partial charge in [0.25, 0.3) is 0 Å². The third-order valence-electron chi connectivity index (χ3n) is 31.9. The van der Waals surface area contributed by atoms with E-state index in [1.54, 1.807) is 59.8 Å². The fourth-order valence-corrected chi connectivity index (χ4v) is 24.8. The average Bonchev–Trinajstić information content (AvgIpc) is 1.54. The number of ether oxygens (including phenoxy) is 15. The zero-order valence-corrected chi connectivity index (χ0v) is 84.7. The van der Waals surface area contributed by atoms with Gasteiger partial charge in [0, 0.05) is 145 Å². The number of allylic oxidation sites excluding steroid dienone is 9. The number of methoxy groups -OCH3 is 3. The Labute approximate surface area is 839 Å². The third kappa shape index (κ3) is 21.1. The van der Waals surface area contributed by atoms with Crippen LogP contribution in [-0.2, 0) is 142 Å². The molecular weight excluding hydrogens is 1860 g/mol. The molecule has 776 valence electrons. The van der Waals surface area contributed by atoms with Gasteiger partial charge < -0.3 is 102 Å². The number of esters is 9. The van der Waals surface area contributed by atoms with Crippen LogP contribution < -0.4 is 16.0 Å². The van der Waals surface area contributed by atoms with Crippen molar-refractivity contribution in [2.45, 2.75) is 288 Å². The zero-order chi connectivity index (χ0) is 104. The average molecular weight is 1990 g/mol. The lowest BCUT2D eigenvalue weighted by atomic mass is 9.57. The fourth-order valence-electron chi connectivity index (χ4n) is 24.8. The predicted molar refractivity (Wildman–Crippen MR) is 518 cm³/mol. The van der Waals surface area contributed by atoms with Gasteiger partial charge >= 0.3 is 71.4 Å². The van der Waals surface area contributed by atoms with E-state index in [-0.39, 0.29) is 85.6 Å². The smallest absolute Gasteiger partial charge is 0.397 e. The van der Waals surface area contributed by atoms with Crippen molar-refractivity contribution in [1.82, 2.24) is 16.0 Å². The Kier molecular flexibility index (Phi) is 32.7. The molecule has 6 N–H and O–H groups in total. The molecule has 9 aliphatic carbocycles. The summed E-state index contributed by atoms with van der Waals surface area (Å²) in [6.45, 7) is 27.2. The highest BCUT2D eigenvalue weighted by atomic mass is 16.6. The number of carbonyl (C=O) groups is 12. The number of nitrogens with one attached hydrogen (secondary N) is 3. The summed E-state index contributed by atoms with van der Waals surface area (Å²) in [6.07, 6.45) is 21.1. The minimum absolute atomic E-state index is 0.149. The molecule has 3 spiro atoms. The van der Waals surface area contributed by atoms with Crippen LogP contribution in [0, 0.1) is 88.8 Å². The van der Waals surface area contributed by atoms with E-state index in [1.165, 1.54) is 21.3 Å². The summed E-state index contributed by atoms with van der Waals surface area (Å²) < 4.78 is 90.8. The molecule has 0 radical (unpaired) electrons. The molecule has 36 atom stereocenters. The van der Waals surface area contributed by atoms with Crippen LogP contribution in [0.1, 0.15) is 154 Å². The molecule has 6 unspecified atom stereocenters. The standard InChI is InChI=1S/2C38H45NO10.C35H47NO10/c2*1-20-17-21(2)38-26(15-16-27-29(38)30(40)22(3)32(33(27)49-38)48-35(42)25-13-9-10-14-25)18-28(45-5)36(43)47-31(20)23(4)46-37(44)34(41)39-19-24-11-7-6-8-12-24;1-17-15-18(2)35-22(16-24(42-8)32(40)44-27(17)20(4)43-33(41)30(38)36-34(5,6)7)13-14-23-25(35)26(37)19(3)28(29(23)46-35)45-31(39)21-11-9-10-12-21/h2*6-13,15-17,20,22-23,26-33,40H,14,18-19H2,1-5H3,(H,39,41);9-11,13-15,17,19-20,22-29,37H,12,16H2,1-8H3,(H,36,38)/b2*21-17+;18-15+/t2*20-,22-,23-,26-,27?,28+,29?,30-,31+,32-,33-,38+;17-,19-,20-,22-,23?,24+,25?,26-,27+,28-,29-,35+/m111/s1. The number of hydrogen-bond donors (Lipinski definition) is 6. The predicted octanol–water partition coefficient (Wildman–Crippen LogP) is 10.1. The van der Waals surface area contributed by atoms with Crippen molar-refractivity contribution in [3.05, 3.63) is 215 Å². The highest BCUT2D eigenvalue weighted by molar-refractivity contribution is 6.33. The molecule has 17 rings (SSSR count). The molecule has 3 saturated heterocycles. The molecule has 2 aromatic rings. The number of hydrogen-bond acceptors (Lipinski definition) is 30. The topological polar surface area (TPSA) is 440 Å². The Hall–Kier alpha value is -11.4. The first-order valence-corrected chi connectivity index (χ1v) is 50.2. The van der Waals surface area contributed by atoms with Crippen LogP contribution in [0.2, 0.25) is 0 Å². The second kappa shape index (κ2) is 44.1. The first kappa shape index (κ1) is 107. The van der Waals surface area contributed by atoms with E-state index in [9.17, 15) is 72.9 Å². The fraction of sp³-hybridized carbons (Fsp3) is 0.568. The number of carbonyl (C=O) groups excluding carboxylic acids is 12. The van der Waals surface area contributed by atoms with E-state index < -0.39 is 239 Å². The molecule has 33 heteroatoms. The van der Waals surface area contributed by atoms with E-state index in [4.69, 9.17) is 71.1 Å². The van der Waals surface area contributed by atoms with Crippen molar-refractivity contribution in [2.24, 2.45) is 88.8 Å². The van der Waals surface area contributed by atoms with Gasteiger partial charge in [0.15, 0.2) is 18.3 Å². The quantitative estimate of drug-likeness (QED) is 0.0329. The monoisotopic (exact) mass is 1990 g/mol. The van der Waals surface area contributed by atoms with E-state index in [1.807, 2.05) is 214 Å². The molecule has 3 amide bonds. The summed E-state index contributed by atoms with van der Waals surface area (Å²) in [6, 6.07) is 18.3. The van der Waals surface area contributed by atoms with Gasteiger partial charge in [0.05, 0.1) is 18.3 Å². The number of aliphatic hydroxyl groups is 3. The van der Waals surface area contributed by atoms with Gasteiger partial charge in [-0.05, 0) is 129 Å². The molecule has 144 heavy (non-hydrogen) atoms. The van der Waals surface area contributed by atoms with Gasteiger partial charge in [-0.2, -0.15) is 0 Å². The first-order valence-electron chi connectivity index (χ1n) is 50.2. The molecular formula is C111H137N3O30. The number of aliphatic hydroxyl groups excluding tert-OH is 3. The maximum Gasteiger partial charge on any atom is 0.397 e. The van der Waals surface area contributed by atoms with Crippen molar-refractivity contribution in [3.8, 4) is 0 Å². The highest BCUT2D eigenvalue weighted by Gasteiger charge is 2.73. The van der Waals surface area contributed by atoms with Gasteiger partial charge in [-0.15, -0.1) is 0 Å². The SMILES string of the molecule is CO[C@H]1C[C@H]2C=CC3C4[C@H](O)[C@@H](C)[C@@H](OC(=O)C5=CC=CC5)[C@@H]3O[C@]42/C(C)=C/[C@@H](C)[C@@H]([C@@H](C)OC(=O)C(=O)NC(C)(C)C)OC1=O.CO[C@H]1C[C@H]2C=CC3C4[C@H](O)[C@@H](C)[C@@H](OC(=O)C5=CC=CC5)[C@@H]3O[C@]42/C(C)=C/[C@@H](C)[C@@H]([C@@H](C)OC(=O)C(=O)NCc2ccccc2)OC1=O.CO[C@H]1C[C@H]2C=CC3C4[C@H](O)[C@@H](C)[C@@H](OC(=O)C5=CC=CC5)[C@@H]3O[C@]42/C(C)=C/[C@@H](C)[C@@H]([C@@H](C)OC(=O)C(=O)NCc2ccccc2)OC1=O. The van der Waals surface area contributed by atoms with Crippen LogP contribution >= 0.6 is 0 Å². The van der Waals surface area contributed by atoms with Crippen molar-refractivity contribution in [3.63, 3.8) is 0 Å². The second-order valence-corrected chi connectivity index (χ2v) is 42.1. The number of rotatable bonds is 19. The van der Waals surface area contributed by atoms with E-state index in [0.29, 0.717) is 36.0 Å². The maximum atomic E-state index is 13.6. The van der Waals surface area contributed by atoms with E-state index in [2.05, 4.69) is 16.0 Å². The molecule has 6 fully saturated rings. The van der Waals surface area contributed by atoms with Crippen LogP contribution in [0.25, 0.3) is 0 Å². The lowest BCUT2D eigenvalue weighted by Gasteiger charge is -2.49. The molecule has 0 aromatic heterocycles. The van der Waals surface area contributed by atoms with Crippen LogP contribution in [0.4, 0.5) is 0 Å². The summed E-state index contributed by atoms with van der Waals surface area (Å²) in [5.41, 5.74) is 1.96. The Balaban J connectivity index is 0.000000163. The summed E-state index contributed by atoms with van der Waals surface area (Å²) in [4.78, 5) is 156. The third-order valence-corrected chi connectivity index (χ3v) is 31.9. The summed E-state index contributed by atoms with van der Waals surface area (Å²) >= 11 is 0. The molecule has 3 saturated carbocycles. The van der Waals surface area contributed by atoms with Gasteiger partial charge in [0.1, 0.15) is 90.1 Å². The molecule has 6 heterocycles. The van der Waals surface area contributed by atoms with Crippen LogP contribution in [0.5, 0.6) is 0 Å². The summed E-state index contributed by atoms with van der Waals surface area (Å²) in [5.74, 6) is -15.0. The van der Waals surface area contributed by atoms with Crippen molar-refractivity contribution >= 4 is 71.4 Å². The molecule has 33 nitrogen and oxygen atoms in total. The molecule has 6 aliphatic heterocycles. The van der Waals surface area contributed by atoms with Crippen molar-refractivity contribution in [2.75, 3.05) is 21.3 Å². The lowest BCUT2D eigenvalue weighted by Crippen LogP contribution is -2.57. The maximum absolute atomic E-state index is 13.6. The van der Waals surface area contributed by atoms with Gasteiger partial charge in [0.2, 0.25) is 0 Å². The molecule has 12 bridgehead atoms. The van der Waals surface area contributed by atoms with Crippen LogP contribution in [0.15, 0.2) is 203 Å². The number of amides is 3. The largest absolute Gasteiger partial charge is 0.456 e. The minimum Gasteiger partial charge on any atom is -0.456 e. The van der Waals surface area contributed by atoms with Gasteiger partial charge in [-0.3, -0.25) is 14.4 Å². The van der Waals surface area contributed by atoms with Crippen LogP contribution in [-0.4, -0.2) is 240 Å². The molecule has 2 aromatic carbocycles. The van der Waals surface area contributed by atoms with Gasteiger partial charge in [-0.1, -0.05) is 212 Å². The Morgan fingerprint density at radius 2 is 0.694 bits per heavy atom. The number of cyclic esters (lactones) is 3. The zero-order valence-electron chi connectivity index (χ0n) is 84.7. The summed E-state index contributed by atoms with van der Waals surface area (Å²) in [5, 5.41) is 43.5. The van der Waals surface area contributed by atoms with E-state index >= 15 is 0 Å². The van der Waals surface area contributed by atoms with E-state index in [0.717, 1.165) is 27.8 Å². The molecule has 15 aliphatic rings. The Morgan fingerprint density at radius 1 is 0.417 bits per heavy atom. The number of benzene rings is 2. The second-order valence-electron chi connectivity index (χ2n) is 42.1. The summed E-state index contributed by atoms with van der Waals surface area (Å²) in [7, 11) is 4.27. The van der Waals surface area contributed by atoms with Gasteiger partial charge in [-0.25, -0.2) is 43.2 Å². The van der Waals surface area contributed by atoms with Crippen molar-refractivity contribution < 1.29 is 144 Å². The minimum atomic E-state index is -1.10. The lowest BCUT2D eigenvalue weighted by molar-refractivity contribution is -0.180. The van der Waals surface area contributed by atoms with Crippen LogP contribution in [0.3, 0.4) is 0 Å². The van der Waals surface area contributed by atoms with Crippen molar-refractivity contribution in [1.29, 1.82) is 0 Å². The normalized spacial score (nSPS) is 38.6. The Morgan fingerprint density at radius 3 is 0.951 bits per heavy atom. The highest BCUT2D eigenvalue weighted by Crippen LogP contribution is 2.65.